The maximum absolute atomic E-state index is 13.6. The Bertz CT molecular complexity index is 1400. The molecule has 9 heteroatoms. The highest BCUT2D eigenvalue weighted by Crippen LogP contribution is 2.52. The number of benzene rings is 3. The van der Waals surface area contributed by atoms with Gasteiger partial charge in [-0.3, -0.25) is 4.79 Å². The molecule has 0 aromatic heterocycles. The third-order valence-electron chi connectivity index (χ3n) is 7.14. The Morgan fingerprint density at radius 1 is 0.946 bits per heavy atom. The van der Waals surface area contributed by atoms with Gasteiger partial charge in [0.2, 0.25) is 5.91 Å². The molecule has 1 fully saturated rings. The molecular formula is C28H23F2NO6. The molecule has 2 aliphatic heterocycles. The minimum absolute atomic E-state index is 0.0552. The fourth-order valence-corrected chi connectivity index (χ4v) is 5.06. The zero-order valence-corrected chi connectivity index (χ0v) is 19.8. The zero-order chi connectivity index (χ0) is 25.8. The summed E-state index contributed by atoms with van der Waals surface area (Å²) in [5.74, 6) is -0.131. The number of halogens is 2. The van der Waals surface area contributed by atoms with Crippen LogP contribution in [0.4, 0.5) is 8.78 Å². The Morgan fingerprint density at radius 3 is 2.51 bits per heavy atom. The first-order valence-electron chi connectivity index (χ1n) is 11.9. The Hall–Kier alpha value is -4.14. The van der Waals surface area contributed by atoms with Crippen LogP contribution in [-0.2, 0) is 14.9 Å². The second-order valence-electron chi connectivity index (χ2n) is 9.43. The van der Waals surface area contributed by atoms with Gasteiger partial charge in [0.05, 0.1) is 24.1 Å². The number of fused-ring (bicyclic) bond motifs is 2. The summed E-state index contributed by atoms with van der Waals surface area (Å²) in [4.78, 5) is 25.7. The van der Waals surface area contributed by atoms with Gasteiger partial charge in [0.15, 0.2) is 11.5 Å². The van der Waals surface area contributed by atoms with Gasteiger partial charge in [-0.25, -0.2) is 4.79 Å². The highest BCUT2D eigenvalue weighted by molar-refractivity contribution is 5.92. The van der Waals surface area contributed by atoms with Crippen molar-refractivity contribution in [2.45, 2.75) is 43.1 Å². The molecule has 1 aliphatic carbocycles. The van der Waals surface area contributed by atoms with Gasteiger partial charge in [0, 0.05) is 12.0 Å². The predicted molar refractivity (Wildman–Crippen MR) is 127 cm³/mol. The molecular weight excluding hydrogens is 484 g/mol. The van der Waals surface area contributed by atoms with E-state index < -0.39 is 23.8 Å². The second kappa shape index (κ2) is 8.47. The van der Waals surface area contributed by atoms with Crippen molar-refractivity contribution in [3.05, 3.63) is 89.0 Å². The Labute approximate surface area is 211 Å². The fourth-order valence-electron chi connectivity index (χ4n) is 5.06. The van der Waals surface area contributed by atoms with Crippen LogP contribution in [0.2, 0.25) is 0 Å². The number of nitrogens with one attached hydrogen (secondary N) is 1. The third kappa shape index (κ3) is 4.14. The summed E-state index contributed by atoms with van der Waals surface area (Å²) in [5.41, 5.74) is 1.82. The van der Waals surface area contributed by atoms with Gasteiger partial charge >= 0.3 is 12.3 Å². The maximum atomic E-state index is 13.6. The molecule has 2 heterocycles. The number of carbonyl (C=O) groups excluding carboxylic acids is 2. The van der Waals surface area contributed by atoms with Gasteiger partial charge in [-0.05, 0) is 54.3 Å². The van der Waals surface area contributed by atoms with E-state index in [1.807, 2.05) is 30.3 Å². The van der Waals surface area contributed by atoms with E-state index in [-0.39, 0.29) is 23.4 Å². The Morgan fingerprint density at radius 2 is 1.73 bits per heavy atom. The molecule has 37 heavy (non-hydrogen) atoms. The molecule has 0 spiro atoms. The van der Waals surface area contributed by atoms with Gasteiger partial charge in [-0.1, -0.05) is 36.4 Å². The van der Waals surface area contributed by atoms with Gasteiger partial charge in [0.25, 0.3) is 0 Å². The van der Waals surface area contributed by atoms with E-state index in [0.29, 0.717) is 36.1 Å². The van der Waals surface area contributed by atoms with Crippen LogP contribution in [0.3, 0.4) is 0 Å². The van der Waals surface area contributed by atoms with Crippen molar-refractivity contribution in [1.29, 1.82) is 0 Å². The summed E-state index contributed by atoms with van der Waals surface area (Å²) < 4.78 is 47.2. The summed E-state index contributed by atoms with van der Waals surface area (Å²) in [6, 6.07) is 18.7. The van der Waals surface area contributed by atoms with E-state index in [4.69, 9.17) is 9.47 Å². The average Bonchev–Trinajstić information content (AvgIpc) is 3.65. The highest BCUT2D eigenvalue weighted by atomic mass is 19.3. The number of methoxy groups -OCH3 is 1. The zero-order valence-electron chi connectivity index (χ0n) is 19.8. The molecule has 0 radical (unpaired) electrons. The van der Waals surface area contributed by atoms with Gasteiger partial charge < -0.3 is 24.3 Å². The summed E-state index contributed by atoms with van der Waals surface area (Å²) in [5, 5.41) is 3.18. The molecule has 0 unspecified atom stereocenters. The first kappa shape index (κ1) is 23.3. The molecule has 0 saturated heterocycles. The molecule has 2 atom stereocenters. The van der Waals surface area contributed by atoms with Crippen LogP contribution in [-0.4, -0.2) is 25.3 Å². The predicted octanol–water partition coefficient (Wildman–Crippen LogP) is 5.21. The fraction of sp³-hybridized carbons (Fsp3) is 0.286. The second-order valence-corrected chi connectivity index (χ2v) is 9.43. The molecule has 7 nitrogen and oxygen atoms in total. The Kier molecular flexibility index (Phi) is 5.33. The SMILES string of the molecule is COC(=O)c1cccc([C@H]2C[C@@H](NC(=O)C3(c4ccc5c(c4)OC(F)(F)O5)CC3)c3ccccc3O2)c1. The molecule has 3 aliphatic rings. The normalized spacial score (nSPS) is 21.8. The van der Waals surface area contributed by atoms with E-state index in [9.17, 15) is 18.4 Å². The maximum Gasteiger partial charge on any atom is 0.586 e. The summed E-state index contributed by atoms with van der Waals surface area (Å²) in [6.45, 7) is 0. The monoisotopic (exact) mass is 507 g/mol. The van der Waals surface area contributed by atoms with Crippen LogP contribution in [0.1, 0.15) is 58.5 Å². The van der Waals surface area contributed by atoms with Crippen LogP contribution in [0, 0.1) is 0 Å². The molecule has 3 aromatic carbocycles. The molecule has 1 N–H and O–H groups in total. The van der Waals surface area contributed by atoms with Crippen molar-refractivity contribution in [2.75, 3.05) is 7.11 Å². The molecule has 190 valence electrons. The highest BCUT2D eigenvalue weighted by Gasteiger charge is 2.53. The van der Waals surface area contributed by atoms with Crippen molar-refractivity contribution in [3.8, 4) is 17.2 Å². The van der Waals surface area contributed by atoms with Gasteiger partial charge in [0.1, 0.15) is 11.9 Å². The lowest BCUT2D eigenvalue weighted by Crippen LogP contribution is -2.39. The minimum atomic E-state index is -3.72. The average molecular weight is 507 g/mol. The van der Waals surface area contributed by atoms with Crippen LogP contribution in [0.15, 0.2) is 66.7 Å². The number of esters is 1. The van der Waals surface area contributed by atoms with Crippen molar-refractivity contribution in [2.24, 2.45) is 0 Å². The van der Waals surface area contributed by atoms with E-state index in [0.717, 1.165) is 11.1 Å². The van der Waals surface area contributed by atoms with E-state index >= 15 is 0 Å². The van der Waals surface area contributed by atoms with Crippen LogP contribution in [0.25, 0.3) is 0 Å². The number of hydrogen-bond acceptors (Lipinski definition) is 6. The largest absolute Gasteiger partial charge is 0.586 e. The number of ether oxygens (including phenoxy) is 4. The molecule has 6 rings (SSSR count). The van der Waals surface area contributed by atoms with Gasteiger partial charge in [-0.15, -0.1) is 8.78 Å². The summed E-state index contributed by atoms with van der Waals surface area (Å²) in [6.07, 6.45) is -2.51. The van der Waals surface area contributed by atoms with Crippen molar-refractivity contribution in [3.63, 3.8) is 0 Å². The first-order chi connectivity index (χ1) is 17.8. The van der Waals surface area contributed by atoms with Crippen molar-refractivity contribution in [1.82, 2.24) is 5.32 Å². The standard InChI is InChI=1S/C28H23F2NO6/c1-34-25(32)17-6-4-5-16(13-17)23-15-20(19-7-2-3-8-21(19)35-23)31-26(33)27(11-12-27)18-9-10-22-24(14-18)37-28(29,30)36-22/h2-10,13-14,20,23H,11-12,15H2,1H3,(H,31,33)/t20-,23-/m1/s1. The lowest BCUT2D eigenvalue weighted by Gasteiger charge is -2.34. The number of para-hydroxylation sites is 1. The van der Waals surface area contributed by atoms with Crippen LogP contribution in [0.5, 0.6) is 17.2 Å². The number of carbonyl (C=O) groups is 2. The number of rotatable bonds is 5. The minimum Gasteiger partial charge on any atom is -0.485 e. The first-order valence-corrected chi connectivity index (χ1v) is 11.9. The molecule has 0 bridgehead atoms. The van der Waals surface area contributed by atoms with Gasteiger partial charge in [-0.2, -0.15) is 0 Å². The summed E-state index contributed by atoms with van der Waals surface area (Å²) in [7, 11) is 1.33. The van der Waals surface area contributed by atoms with E-state index in [1.165, 1.54) is 19.2 Å². The quantitative estimate of drug-likeness (QED) is 0.478. The Balaban J connectivity index is 1.26. The summed E-state index contributed by atoms with van der Waals surface area (Å²) >= 11 is 0. The topological polar surface area (TPSA) is 83.1 Å². The van der Waals surface area contributed by atoms with E-state index in [2.05, 4.69) is 14.8 Å². The third-order valence-corrected chi connectivity index (χ3v) is 7.14. The molecule has 1 amide bonds. The molecule has 3 aromatic rings. The van der Waals surface area contributed by atoms with Crippen LogP contribution >= 0.6 is 0 Å². The lowest BCUT2D eigenvalue weighted by molar-refractivity contribution is -0.286. The number of hydrogen-bond donors (Lipinski definition) is 1. The van der Waals surface area contributed by atoms with Crippen LogP contribution < -0.4 is 19.5 Å². The number of amides is 1. The van der Waals surface area contributed by atoms with E-state index in [1.54, 1.807) is 24.3 Å². The smallest absolute Gasteiger partial charge is 0.485 e. The number of alkyl halides is 2. The van der Waals surface area contributed by atoms with Crippen molar-refractivity contribution < 1.29 is 37.3 Å². The van der Waals surface area contributed by atoms with Crippen molar-refractivity contribution >= 4 is 11.9 Å². The lowest BCUT2D eigenvalue weighted by atomic mass is 9.90. The molecule has 1 saturated carbocycles.